The number of hydrogen-bond acceptors (Lipinski definition) is 3. The molecule has 0 unspecified atom stereocenters. The van der Waals surface area contributed by atoms with Crippen molar-refractivity contribution < 1.29 is 13.6 Å². The number of hydrogen-bond donors (Lipinski definition) is 3. The number of aromatic nitrogens is 4. The zero-order chi connectivity index (χ0) is 17.4. The van der Waals surface area contributed by atoms with E-state index in [1.807, 2.05) is 0 Å². The van der Waals surface area contributed by atoms with Crippen LogP contribution in [-0.2, 0) is 12.8 Å². The predicted molar refractivity (Wildman–Crippen MR) is 87.5 cm³/mol. The third-order valence-corrected chi connectivity index (χ3v) is 4.39. The van der Waals surface area contributed by atoms with Gasteiger partial charge in [-0.2, -0.15) is 19.0 Å². The maximum Gasteiger partial charge on any atom is 0.333 e. The summed E-state index contributed by atoms with van der Waals surface area (Å²) in [5, 5.41) is 16.8. The van der Waals surface area contributed by atoms with Gasteiger partial charge in [-0.3, -0.25) is 5.10 Å². The smallest absolute Gasteiger partial charge is 0.333 e. The van der Waals surface area contributed by atoms with Gasteiger partial charge < -0.3 is 10.6 Å². The van der Waals surface area contributed by atoms with Crippen LogP contribution >= 0.6 is 0 Å². The van der Waals surface area contributed by atoms with Gasteiger partial charge in [-0.05, 0) is 43.0 Å². The third-order valence-electron chi connectivity index (χ3n) is 4.39. The topological polar surface area (TPSA) is 87.6 Å². The number of nitrogens with zero attached hydrogens (tertiary/aromatic N) is 3. The summed E-state index contributed by atoms with van der Waals surface area (Å²) in [5.74, 6) is 0. The summed E-state index contributed by atoms with van der Waals surface area (Å²) in [4.78, 5) is 12.2. The lowest BCUT2D eigenvalue weighted by atomic mass is 9.94. The molecule has 3 aromatic rings. The van der Waals surface area contributed by atoms with Crippen LogP contribution in [0.15, 0.2) is 30.6 Å². The number of benzene rings is 1. The SMILES string of the molecule is O=C(Nc1ccc2c(cnn2C(F)F)c1)N[C@H]1CCc2[nH]ncc2C1. The van der Waals surface area contributed by atoms with Gasteiger partial charge in [0.1, 0.15) is 0 Å². The number of nitrogens with one attached hydrogen (secondary N) is 3. The quantitative estimate of drug-likeness (QED) is 0.681. The molecule has 3 N–H and O–H groups in total. The van der Waals surface area contributed by atoms with Crippen LogP contribution in [0.3, 0.4) is 0 Å². The van der Waals surface area contributed by atoms with E-state index < -0.39 is 6.55 Å². The second-order valence-corrected chi connectivity index (χ2v) is 6.05. The molecule has 2 aromatic heterocycles. The summed E-state index contributed by atoms with van der Waals surface area (Å²) in [6.07, 6.45) is 5.56. The number of aryl methyl sites for hydroxylation is 1. The molecule has 1 aliphatic carbocycles. The second-order valence-electron chi connectivity index (χ2n) is 6.05. The van der Waals surface area contributed by atoms with Gasteiger partial charge in [0, 0.05) is 22.8 Å². The number of fused-ring (bicyclic) bond motifs is 2. The van der Waals surface area contributed by atoms with Crippen molar-refractivity contribution in [1.82, 2.24) is 25.3 Å². The molecule has 0 bridgehead atoms. The molecule has 2 amide bonds. The molecular formula is C16H16F2N6O. The molecule has 0 saturated carbocycles. The number of halogens is 2. The molecule has 1 aromatic carbocycles. The number of anilines is 1. The van der Waals surface area contributed by atoms with Gasteiger partial charge in [0.2, 0.25) is 0 Å². The molecule has 2 heterocycles. The largest absolute Gasteiger partial charge is 0.335 e. The lowest BCUT2D eigenvalue weighted by Gasteiger charge is -2.23. The normalized spacial score (nSPS) is 16.8. The lowest BCUT2D eigenvalue weighted by molar-refractivity contribution is 0.0615. The maximum atomic E-state index is 12.8. The number of alkyl halides is 2. The minimum absolute atomic E-state index is 0.0374. The Morgan fingerprint density at radius 2 is 2.24 bits per heavy atom. The fourth-order valence-corrected chi connectivity index (χ4v) is 3.18. The third kappa shape index (κ3) is 3.04. The highest BCUT2D eigenvalue weighted by Crippen LogP contribution is 2.23. The fourth-order valence-electron chi connectivity index (χ4n) is 3.18. The lowest BCUT2D eigenvalue weighted by Crippen LogP contribution is -2.41. The average molecular weight is 346 g/mol. The van der Waals surface area contributed by atoms with Crippen molar-refractivity contribution in [3.8, 4) is 0 Å². The Morgan fingerprint density at radius 3 is 3.08 bits per heavy atom. The van der Waals surface area contributed by atoms with Gasteiger partial charge in [-0.15, -0.1) is 0 Å². The molecule has 1 atom stereocenters. The number of carbonyl (C=O) groups excluding carboxylic acids is 1. The minimum atomic E-state index is -2.70. The molecule has 0 aliphatic heterocycles. The molecular weight excluding hydrogens is 330 g/mol. The zero-order valence-corrected chi connectivity index (χ0v) is 13.2. The van der Waals surface area contributed by atoms with E-state index >= 15 is 0 Å². The highest BCUT2D eigenvalue weighted by Gasteiger charge is 2.21. The molecule has 130 valence electrons. The molecule has 0 saturated heterocycles. The van der Waals surface area contributed by atoms with E-state index in [4.69, 9.17) is 0 Å². The van der Waals surface area contributed by atoms with Crippen molar-refractivity contribution in [2.75, 3.05) is 5.32 Å². The number of carbonyl (C=O) groups is 1. The highest BCUT2D eigenvalue weighted by atomic mass is 19.3. The van der Waals surface area contributed by atoms with E-state index in [0.717, 1.165) is 30.5 Å². The van der Waals surface area contributed by atoms with Crippen LogP contribution < -0.4 is 10.6 Å². The number of aromatic amines is 1. The Bertz CT molecular complexity index is 918. The first-order valence-corrected chi connectivity index (χ1v) is 7.94. The zero-order valence-electron chi connectivity index (χ0n) is 13.2. The molecule has 9 heteroatoms. The highest BCUT2D eigenvalue weighted by molar-refractivity contribution is 5.92. The van der Waals surface area contributed by atoms with Crippen molar-refractivity contribution in [2.24, 2.45) is 0 Å². The van der Waals surface area contributed by atoms with Gasteiger partial charge in [0.05, 0.1) is 17.9 Å². The summed E-state index contributed by atoms with van der Waals surface area (Å²) in [5.41, 5.74) is 3.09. The standard InChI is InChI=1S/C16H16F2N6O/c17-15(18)24-14-4-2-12(6-10(14)8-20-24)22-16(25)21-11-1-3-13-9(5-11)7-19-23-13/h2,4,6-8,11,15H,1,3,5H2,(H,19,23)(H2,21,22,25)/t11-/m0/s1. The first-order valence-electron chi connectivity index (χ1n) is 7.94. The first-order chi connectivity index (χ1) is 12.1. The van der Waals surface area contributed by atoms with E-state index in [9.17, 15) is 13.6 Å². The van der Waals surface area contributed by atoms with Gasteiger partial charge >= 0.3 is 12.6 Å². The number of urea groups is 1. The molecule has 0 spiro atoms. The first kappa shape index (κ1) is 15.6. The Labute approximate surface area is 141 Å². The van der Waals surface area contributed by atoms with Crippen molar-refractivity contribution in [3.63, 3.8) is 0 Å². The molecule has 0 radical (unpaired) electrons. The van der Waals surface area contributed by atoms with Gasteiger partial charge in [0.25, 0.3) is 0 Å². The molecule has 0 fully saturated rings. The van der Waals surface area contributed by atoms with E-state index in [2.05, 4.69) is 25.9 Å². The second kappa shape index (κ2) is 6.15. The van der Waals surface area contributed by atoms with Gasteiger partial charge in [0.15, 0.2) is 0 Å². The summed E-state index contributed by atoms with van der Waals surface area (Å²) in [6.45, 7) is -2.70. The van der Waals surface area contributed by atoms with Crippen LogP contribution in [0, 0.1) is 0 Å². The van der Waals surface area contributed by atoms with Crippen LogP contribution in [0.25, 0.3) is 10.9 Å². The number of rotatable bonds is 3. The van der Waals surface area contributed by atoms with Gasteiger partial charge in [-0.25, -0.2) is 9.48 Å². The van der Waals surface area contributed by atoms with Crippen LogP contribution in [0.1, 0.15) is 24.2 Å². The van der Waals surface area contributed by atoms with Crippen molar-refractivity contribution >= 4 is 22.6 Å². The molecule has 1 aliphatic rings. The summed E-state index contributed by atoms with van der Waals surface area (Å²) < 4.78 is 26.2. The summed E-state index contributed by atoms with van der Waals surface area (Å²) in [7, 11) is 0. The van der Waals surface area contributed by atoms with E-state index in [-0.39, 0.29) is 12.1 Å². The van der Waals surface area contributed by atoms with E-state index in [0.29, 0.717) is 21.3 Å². The molecule has 4 rings (SSSR count). The Balaban J connectivity index is 1.42. The Morgan fingerprint density at radius 1 is 1.36 bits per heavy atom. The summed E-state index contributed by atoms with van der Waals surface area (Å²) in [6, 6.07) is 4.43. The molecule has 25 heavy (non-hydrogen) atoms. The van der Waals surface area contributed by atoms with Crippen LogP contribution in [-0.4, -0.2) is 32.1 Å². The maximum absolute atomic E-state index is 12.8. The van der Waals surface area contributed by atoms with Crippen molar-refractivity contribution in [3.05, 3.63) is 41.9 Å². The monoisotopic (exact) mass is 346 g/mol. The van der Waals surface area contributed by atoms with Crippen LogP contribution in [0.5, 0.6) is 0 Å². The Hall–Kier alpha value is -2.97. The number of amides is 2. The van der Waals surface area contributed by atoms with Gasteiger partial charge in [-0.1, -0.05) is 0 Å². The van der Waals surface area contributed by atoms with E-state index in [1.165, 1.54) is 12.3 Å². The average Bonchev–Trinajstić information content (AvgIpc) is 3.20. The predicted octanol–water partition coefficient (Wildman–Crippen LogP) is 2.83. The van der Waals surface area contributed by atoms with E-state index in [1.54, 1.807) is 18.3 Å². The van der Waals surface area contributed by atoms with Crippen molar-refractivity contribution in [2.45, 2.75) is 31.9 Å². The minimum Gasteiger partial charge on any atom is -0.335 e. The number of H-pyrrole nitrogens is 1. The van der Waals surface area contributed by atoms with Crippen LogP contribution in [0.4, 0.5) is 19.3 Å². The fraction of sp³-hybridized carbons (Fsp3) is 0.312. The van der Waals surface area contributed by atoms with Crippen molar-refractivity contribution in [1.29, 1.82) is 0 Å². The summed E-state index contributed by atoms with van der Waals surface area (Å²) >= 11 is 0. The Kier molecular flexibility index (Phi) is 3.83. The van der Waals surface area contributed by atoms with Crippen LogP contribution in [0.2, 0.25) is 0 Å². The molecule has 7 nitrogen and oxygen atoms in total.